The fraction of sp³-hybridized carbons (Fsp3) is 0.440. The smallest absolute Gasteiger partial charge is 0.508 e. The molecule has 11 nitrogen and oxygen atoms in total. The summed E-state index contributed by atoms with van der Waals surface area (Å²) in [7, 11) is -19.4. The maximum atomic E-state index is 12.3. The summed E-state index contributed by atoms with van der Waals surface area (Å²) in [4.78, 5) is 22.7. The van der Waals surface area contributed by atoms with Crippen LogP contribution in [0, 0.1) is 0 Å². The van der Waals surface area contributed by atoms with Crippen LogP contribution in [0.15, 0.2) is 24.3 Å². The van der Waals surface area contributed by atoms with Crippen molar-refractivity contribution in [1.82, 2.24) is 0 Å². The number of Topliss-reactive ketones (excluding diaryl/α,β-unsaturated/α-hetero) is 2. The number of fused-ring (bicyclic) bond motifs is 2. The van der Waals surface area contributed by atoms with E-state index in [2.05, 4.69) is 4.18 Å². The number of aromatic hydroxyl groups is 1. The summed E-state index contributed by atoms with van der Waals surface area (Å²) < 4.78 is 173. The van der Waals surface area contributed by atoms with E-state index in [4.69, 9.17) is 0 Å². The predicted octanol–water partition coefficient (Wildman–Crippen LogP) is 5.39. The van der Waals surface area contributed by atoms with Crippen molar-refractivity contribution in [3.8, 4) is 11.5 Å². The van der Waals surface area contributed by atoms with E-state index in [1.807, 2.05) is 3.63 Å². The van der Waals surface area contributed by atoms with Crippen molar-refractivity contribution in [1.29, 1.82) is 0 Å². The van der Waals surface area contributed by atoms with Gasteiger partial charge in [0.15, 0.2) is 11.6 Å². The second-order valence-corrected chi connectivity index (χ2v) is 14.7. The molecule has 2 aliphatic carbocycles. The van der Waals surface area contributed by atoms with Gasteiger partial charge in [-0.3, -0.25) is 9.59 Å². The molecule has 0 fully saturated rings. The Morgan fingerprint density at radius 1 is 0.583 bits per heavy atom. The van der Waals surface area contributed by atoms with Gasteiger partial charge in [-0.1, -0.05) is 0 Å². The molecule has 0 saturated heterocycles. The van der Waals surface area contributed by atoms with E-state index in [0.717, 1.165) is 42.0 Å². The molecule has 1 N–H and O–H groups in total. The van der Waals surface area contributed by atoms with Crippen molar-refractivity contribution in [3.63, 3.8) is 0 Å². The molecule has 0 amide bonds. The van der Waals surface area contributed by atoms with Crippen LogP contribution in [0.2, 0.25) is 0 Å². The number of hydrogen-bond donors (Lipinski definition) is 1. The zero-order valence-corrected chi connectivity index (χ0v) is 26.7. The van der Waals surface area contributed by atoms with E-state index in [1.165, 1.54) is 13.0 Å². The second-order valence-electron chi connectivity index (χ2n) is 9.83. The Hall–Kier alpha value is -3.44. The third-order valence-electron chi connectivity index (χ3n) is 6.49. The molecule has 4 rings (SSSR count). The number of alkyl halides is 9. The van der Waals surface area contributed by atoms with Gasteiger partial charge in [-0.05, 0) is 98.9 Å². The van der Waals surface area contributed by atoms with E-state index >= 15 is 0 Å². The van der Waals surface area contributed by atoms with Crippen LogP contribution < -0.4 is 4.18 Å². The van der Waals surface area contributed by atoms with E-state index < -0.39 is 46.9 Å². The number of phenolic OH excluding ortho intramolecular Hbond substituents is 1. The van der Waals surface area contributed by atoms with E-state index in [0.29, 0.717) is 41.7 Å². The van der Waals surface area contributed by atoms with Gasteiger partial charge in [-0.15, -0.1) is 3.63 Å². The topological polar surface area (TPSA) is 175 Å². The SMILES string of the molecule is CC(=O)c1ccc(O)c2c1CCC2.CC(=O)c1ccc(OS(=O)(=O)C(F)(F)F)c2c1CCC2.O=S(=O)(OS(=O)(=O)C(F)(F)F)C(F)(F)F. The van der Waals surface area contributed by atoms with Crippen molar-refractivity contribution in [3.05, 3.63) is 57.6 Å². The molecule has 2 aromatic rings. The highest BCUT2D eigenvalue weighted by Crippen LogP contribution is 2.37. The molecule has 0 atom stereocenters. The van der Waals surface area contributed by atoms with Crippen molar-refractivity contribution >= 4 is 41.9 Å². The van der Waals surface area contributed by atoms with Crippen molar-refractivity contribution in [2.75, 3.05) is 0 Å². The van der Waals surface area contributed by atoms with Gasteiger partial charge >= 0.3 is 46.9 Å². The van der Waals surface area contributed by atoms with Crippen molar-refractivity contribution in [2.24, 2.45) is 0 Å². The molecule has 0 heterocycles. The van der Waals surface area contributed by atoms with E-state index in [-0.39, 0.29) is 17.3 Å². The quantitative estimate of drug-likeness (QED) is 0.173. The maximum Gasteiger partial charge on any atom is 0.534 e. The molecule has 2 aromatic carbocycles. The van der Waals surface area contributed by atoms with Gasteiger partial charge in [-0.25, -0.2) is 0 Å². The summed E-state index contributed by atoms with van der Waals surface area (Å²) >= 11 is 0. The van der Waals surface area contributed by atoms with Crippen LogP contribution in [0.3, 0.4) is 0 Å². The minimum atomic E-state index is -6.85. The highest BCUT2D eigenvalue weighted by Gasteiger charge is 2.57. The summed E-state index contributed by atoms with van der Waals surface area (Å²) in [5.74, 6) is -0.121. The third-order valence-corrected chi connectivity index (χ3v) is 10.0. The van der Waals surface area contributed by atoms with Gasteiger partial charge in [0.05, 0.1) is 0 Å². The average Bonchev–Trinajstić information content (AvgIpc) is 3.58. The molecule has 2 aliphatic rings. The Kier molecular flexibility index (Phi) is 12.0. The first-order valence-electron chi connectivity index (χ1n) is 12.9. The second kappa shape index (κ2) is 14.2. The monoisotopic (exact) mass is 766 g/mol. The zero-order valence-electron chi connectivity index (χ0n) is 24.2. The van der Waals surface area contributed by atoms with Gasteiger partial charge in [0.25, 0.3) is 0 Å². The van der Waals surface area contributed by atoms with Crippen molar-refractivity contribution < 1.29 is 87.3 Å². The molecule has 0 unspecified atom stereocenters. The first-order chi connectivity index (χ1) is 21.5. The number of phenols is 1. The van der Waals surface area contributed by atoms with Crippen LogP contribution in [-0.4, -0.2) is 58.5 Å². The Bertz CT molecular complexity index is 1860. The van der Waals surface area contributed by atoms with Crippen LogP contribution in [0.4, 0.5) is 39.5 Å². The van der Waals surface area contributed by atoms with Gasteiger partial charge in [-0.2, -0.15) is 64.8 Å². The number of benzene rings is 2. The summed E-state index contributed by atoms with van der Waals surface area (Å²) in [6.45, 7) is 2.92. The van der Waals surface area contributed by atoms with Crippen LogP contribution in [0.5, 0.6) is 11.5 Å². The van der Waals surface area contributed by atoms with E-state index in [1.54, 1.807) is 19.1 Å². The number of rotatable bonds is 6. The standard InChI is InChI=1S/C12H11F3O4S.C11H12O2.C2F6O5S2/c1-7(16)8-5-6-11(10-4-2-3-9(8)10)19-20(17,18)12(13,14)15;1-7(12)8-5-6-11(13)10-4-2-3-9(8)10;3-1(4,5)14(9,10)13-15(11,12)2(6,7)8/h5-6H,2-4H2,1H3;5-6,13H,2-4H2,1H3;. The Balaban J connectivity index is 0.000000257. The molecule has 0 spiro atoms. The molecule has 0 radical (unpaired) electrons. The predicted molar refractivity (Wildman–Crippen MR) is 145 cm³/mol. The zero-order chi connectivity index (χ0) is 37.3. The maximum absolute atomic E-state index is 12.3. The summed E-state index contributed by atoms with van der Waals surface area (Å²) in [5.41, 5.74) is -13.8. The number of hydrogen-bond acceptors (Lipinski definition) is 11. The normalized spacial score (nSPS) is 14.9. The van der Waals surface area contributed by atoms with Crippen molar-refractivity contribution in [2.45, 2.75) is 68.9 Å². The average molecular weight is 767 g/mol. The number of carbonyl (C=O) groups is 2. The first-order valence-corrected chi connectivity index (χ1v) is 17.1. The molecule has 48 heavy (non-hydrogen) atoms. The lowest BCUT2D eigenvalue weighted by atomic mass is 10.00. The number of carbonyl (C=O) groups excluding carboxylic acids is 2. The van der Waals surface area contributed by atoms with E-state index in [9.17, 15) is 79.5 Å². The molecule has 0 aromatic heterocycles. The number of halogens is 9. The Morgan fingerprint density at radius 3 is 1.33 bits per heavy atom. The largest absolute Gasteiger partial charge is 0.534 e. The Labute approximate surface area is 267 Å². The van der Waals surface area contributed by atoms with Crippen LogP contribution in [-0.2, 0) is 59.7 Å². The molecule has 270 valence electrons. The van der Waals surface area contributed by atoms with Crippen LogP contribution in [0.25, 0.3) is 0 Å². The summed E-state index contributed by atoms with van der Waals surface area (Å²) in [6.07, 6.45) is 4.43. The molecule has 23 heteroatoms. The van der Waals surface area contributed by atoms with Gasteiger partial charge in [0.1, 0.15) is 11.5 Å². The fourth-order valence-corrected chi connectivity index (χ4v) is 6.51. The van der Waals surface area contributed by atoms with Crippen LogP contribution in [0.1, 0.15) is 69.7 Å². The molecular formula is C25H23F9O11S3. The molecule has 0 saturated carbocycles. The molecule has 0 bridgehead atoms. The lowest BCUT2D eigenvalue weighted by Crippen LogP contribution is -2.34. The summed E-state index contributed by atoms with van der Waals surface area (Å²) in [6, 6.07) is 5.75. The van der Waals surface area contributed by atoms with Crippen LogP contribution >= 0.6 is 0 Å². The fourth-order valence-electron chi connectivity index (χ4n) is 4.46. The highest BCUT2D eigenvalue weighted by atomic mass is 32.3. The highest BCUT2D eigenvalue weighted by molar-refractivity contribution is 8.00. The third kappa shape index (κ3) is 9.37. The van der Waals surface area contributed by atoms with Gasteiger partial charge in [0, 0.05) is 11.1 Å². The molecular weight excluding hydrogens is 743 g/mol. The minimum absolute atomic E-state index is 0.0955. The lowest BCUT2D eigenvalue weighted by molar-refractivity contribution is -0.0586. The van der Waals surface area contributed by atoms with Gasteiger partial charge < -0.3 is 9.29 Å². The first kappa shape index (κ1) is 40.7. The lowest BCUT2D eigenvalue weighted by Gasteiger charge is -2.14. The summed E-state index contributed by atoms with van der Waals surface area (Å²) in [5, 5.41) is 9.53. The minimum Gasteiger partial charge on any atom is -0.508 e. The number of ketones is 2. The molecule has 0 aliphatic heterocycles. The Morgan fingerprint density at radius 2 is 0.938 bits per heavy atom. The van der Waals surface area contributed by atoms with Gasteiger partial charge in [0.2, 0.25) is 0 Å².